The standard InChI is InChI=1S/C16H16Cl2N4O2/c1-24-12-7-3-6-11(17)13(12)21-15(23)10-8-19-16(18)22-14(10)20-9-4-2-5-9/h3,6-9H,2,4-5H2,1H3,(H,21,23)(H,19,20,22). The van der Waals surface area contributed by atoms with Gasteiger partial charge in [-0.1, -0.05) is 17.7 Å². The predicted molar refractivity (Wildman–Crippen MR) is 94.3 cm³/mol. The zero-order valence-corrected chi connectivity index (χ0v) is 14.5. The van der Waals surface area contributed by atoms with E-state index in [2.05, 4.69) is 20.6 Å². The first kappa shape index (κ1) is 16.8. The molecule has 6 nitrogen and oxygen atoms in total. The zero-order valence-electron chi connectivity index (χ0n) is 13.0. The molecule has 1 heterocycles. The Morgan fingerprint density at radius 1 is 1.33 bits per heavy atom. The highest BCUT2D eigenvalue weighted by molar-refractivity contribution is 6.34. The molecule has 8 heteroatoms. The number of methoxy groups -OCH3 is 1. The van der Waals surface area contributed by atoms with Gasteiger partial charge in [-0.25, -0.2) is 4.98 Å². The second-order valence-corrected chi connectivity index (χ2v) is 6.19. The molecule has 0 spiro atoms. The molecule has 0 unspecified atom stereocenters. The van der Waals surface area contributed by atoms with Crippen molar-refractivity contribution in [2.24, 2.45) is 0 Å². The van der Waals surface area contributed by atoms with Gasteiger partial charge in [-0.15, -0.1) is 0 Å². The molecule has 1 aliphatic rings. The summed E-state index contributed by atoms with van der Waals surface area (Å²) in [5, 5.41) is 6.46. The normalized spacial score (nSPS) is 14.0. The summed E-state index contributed by atoms with van der Waals surface area (Å²) in [4.78, 5) is 20.7. The third kappa shape index (κ3) is 3.55. The molecule has 1 amide bonds. The molecule has 0 saturated heterocycles. The first-order valence-corrected chi connectivity index (χ1v) is 8.27. The van der Waals surface area contributed by atoms with Crippen molar-refractivity contribution in [3.63, 3.8) is 0 Å². The first-order valence-electron chi connectivity index (χ1n) is 7.51. The molecule has 0 radical (unpaired) electrons. The van der Waals surface area contributed by atoms with Crippen LogP contribution in [0.3, 0.4) is 0 Å². The molecule has 2 aromatic rings. The Bertz CT molecular complexity index is 766. The zero-order chi connectivity index (χ0) is 17.1. The van der Waals surface area contributed by atoms with Gasteiger partial charge in [0, 0.05) is 12.2 Å². The van der Waals surface area contributed by atoms with Gasteiger partial charge in [-0.05, 0) is 43.0 Å². The van der Waals surface area contributed by atoms with Crippen molar-refractivity contribution in [1.82, 2.24) is 9.97 Å². The summed E-state index contributed by atoms with van der Waals surface area (Å²) < 4.78 is 5.24. The molecule has 0 atom stereocenters. The molecular formula is C16H16Cl2N4O2. The minimum Gasteiger partial charge on any atom is -0.495 e. The Morgan fingerprint density at radius 3 is 2.79 bits per heavy atom. The van der Waals surface area contributed by atoms with E-state index in [0.29, 0.717) is 33.9 Å². The molecule has 126 valence electrons. The number of halogens is 2. The van der Waals surface area contributed by atoms with E-state index in [-0.39, 0.29) is 11.2 Å². The van der Waals surface area contributed by atoms with Crippen LogP contribution in [0.5, 0.6) is 5.75 Å². The highest BCUT2D eigenvalue weighted by Crippen LogP contribution is 2.33. The molecule has 1 saturated carbocycles. The number of nitrogens with zero attached hydrogens (tertiary/aromatic N) is 2. The lowest BCUT2D eigenvalue weighted by Crippen LogP contribution is -2.29. The molecule has 2 N–H and O–H groups in total. The number of hydrogen-bond donors (Lipinski definition) is 2. The minimum absolute atomic E-state index is 0.0868. The van der Waals surface area contributed by atoms with Crippen LogP contribution in [0.4, 0.5) is 11.5 Å². The Balaban J connectivity index is 1.87. The number of anilines is 2. The number of carbonyl (C=O) groups is 1. The molecule has 0 aliphatic heterocycles. The van der Waals surface area contributed by atoms with Crippen molar-refractivity contribution >= 4 is 40.6 Å². The average Bonchev–Trinajstić information content (AvgIpc) is 2.52. The van der Waals surface area contributed by atoms with Gasteiger partial charge in [0.1, 0.15) is 22.8 Å². The van der Waals surface area contributed by atoms with E-state index in [1.54, 1.807) is 18.2 Å². The van der Waals surface area contributed by atoms with Gasteiger partial charge in [0.15, 0.2) is 0 Å². The highest BCUT2D eigenvalue weighted by Gasteiger charge is 2.22. The second kappa shape index (κ2) is 7.23. The summed E-state index contributed by atoms with van der Waals surface area (Å²) in [6.45, 7) is 0. The van der Waals surface area contributed by atoms with E-state index < -0.39 is 0 Å². The number of carbonyl (C=O) groups excluding carboxylic acids is 1. The predicted octanol–water partition coefficient (Wildman–Crippen LogP) is 4.01. The van der Waals surface area contributed by atoms with Gasteiger partial charge in [0.25, 0.3) is 5.91 Å². The van der Waals surface area contributed by atoms with Crippen molar-refractivity contribution in [1.29, 1.82) is 0 Å². The molecule has 3 rings (SSSR count). The van der Waals surface area contributed by atoms with E-state index in [9.17, 15) is 4.79 Å². The van der Waals surface area contributed by atoms with Crippen LogP contribution in [0.15, 0.2) is 24.4 Å². The van der Waals surface area contributed by atoms with Crippen molar-refractivity contribution in [2.75, 3.05) is 17.7 Å². The fraction of sp³-hybridized carbons (Fsp3) is 0.312. The average molecular weight is 367 g/mol. The van der Waals surface area contributed by atoms with E-state index in [4.69, 9.17) is 27.9 Å². The molecular weight excluding hydrogens is 351 g/mol. The van der Waals surface area contributed by atoms with Gasteiger partial charge in [0.2, 0.25) is 5.28 Å². The quantitative estimate of drug-likeness (QED) is 0.781. The highest BCUT2D eigenvalue weighted by atomic mass is 35.5. The Morgan fingerprint density at radius 2 is 2.12 bits per heavy atom. The lowest BCUT2D eigenvalue weighted by molar-refractivity contribution is 0.102. The van der Waals surface area contributed by atoms with Crippen LogP contribution >= 0.6 is 23.2 Å². The summed E-state index contributed by atoms with van der Waals surface area (Å²) in [7, 11) is 1.51. The summed E-state index contributed by atoms with van der Waals surface area (Å²) in [5.74, 6) is 0.502. The maximum absolute atomic E-state index is 12.7. The van der Waals surface area contributed by atoms with Crippen LogP contribution in [-0.2, 0) is 0 Å². The van der Waals surface area contributed by atoms with Crippen molar-refractivity contribution in [3.8, 4) is 5.75 Å². The van der Waals surface area contributed by atoms with Gasteiger partial charge < -0.3 is 15.4 Å². The van der Waals surface area contributed by atoms with Crippen LogP contribution in [0.1, 0.15) is 29.6 Å². The number of ether oxygens (including phenoxy) is 1. The largest absolute Gasteiger partial charge is 0.495 e. The third-order valence-electron chi connectivity index (χ3n) is 3.88. The van der Waals surface area contributed by atoms with Crippen LogP contribution < -0.4 is 15.4 Å². The number of rotatable bonds is 5. The topological polar surface area (TPSA) is 76.1 Å². The number of nitrogens with one attached hydrogen (secondary N) is 2. The van der Waals surface area contributed by atoms with Crippen molar-refractivity contribution < 1.29 is 9.53 Å². The van der Waals surface area contributed by atoms with E-state index >= 15 is 0 Å². The molecule has 24 heavy (non-hydrogen) atoms. The smallest absolute Gasteiger partial charge is 0.261 e. The molecule has 0 bridgehead atoms. The number of amides is 1. The Labute approximate surface area is 149 Å². The molecule has 1 aliphatic carbocycles. The van der Waals surface area contributed by atoms with Crippen LogP contribution in [-0.4, -0.2) is 29.0 Å². The minimum atomic E-state index is -0.389. The van der Waals surface area contributed by atoms with Gasteiger partial charge in [-0.3, -0.25) is 4.79 Å². The first-order chi connectivity index (χ1) is 11.6. The maximum atomic E-state index is 12.7. The Kier molecular flexibility index (Phi) is 5.06. The number of aromatic nitrogens is 2. The maximum Gasteiger partial charge on any atom is 0.261 e. The lowest BCUT2D eigenvalue weighted by atomic mass is 9.93. The van der Waals surface area contributed by atoms with E-state index in [1.807, 2.05) is 0 Å². The van der Waals surface area contributed by atoms with Gasteiger partial charge in [-0.2, -0.15) is 4.98 Å². The summed E-state index contributed by atoms with van der Waals surface area (Å²) in [6.07, 6.45) is 4.64. The fourth-order valence-electron chi connectivity index (χ4n) is 2.36. The summed E-state index contributed by atoms with van der Waals surface area (Å²) >= 11 is 12.0. The number of para-hydroxylation sites is 1. The molecule has 1 fully saturated rings. The van der Waals surface area contributed by atoms with Crippen LogP contribution in [0.2, 0.25) is 10.3 Å². The number of hydrogen-bond acceptors (Lipinski definition) is 5. The SMILES string of the molecule is COc1cccc(Cl)c1NC(=O)c1cnc(Cl)nc1NC1CCC1. The molecule has 1 aromatic carbocycles. The fourth-order valence-corrected chi connectivity index (χ4v) is 2.71. The Hall–Kier alpha value is -2.05. The van der Waals surface area contributed by atoms with Crippen LogP contribution in [0.25, 0.3) is 0 Å². The van der Waals surface area contributed by atoms with Gasteiger partial charge >= 0.3 is 0 Å². The van der Waals surface area contributed by atoms with E-state index in [1.165, 1.54) is 13.3 Å². The molecule has 1 aromatic heterocycles. The van der Waals surface area contributed by atoms with Crippen molar-refractivity contribution in [3.05, 3.63) is 40.3 Å². The number of benzene rings is 1. The third-order valence-corrected chi connectivity index (χ3v) is 4.38. The lowest BCUT2D eigenvalue weighted by Gasteiger charge is -2.27. The van der Waals surface area contributed by atoms with Crippen LogP contribution in [0, 0.1) is 0 Å². The second-order valence-electron chi connectivity index (χ2n) is 5.44. The van der Waals surface area contributed by atoms with Crippen molar-refractivity contribution in [2.45, 2.75) is 25.3 Å². The monoisotopic (exact) mass is 366 g/mol. The van der Waals surface area contributed by atoms with E-state index in [0.717, 1.165) is 19.3 Å². The summed E-state index contributed by atoms with van der Waals surface area (Å²) in [5.41, 5.74) is 0.699. The summed E-state index contributed by atoms with van der Waals surface area (Å²) in [6, 6.07) is 5.43. The van der Waals surface area contributed by atoms with Gasteiger partial charge in [0.05, 0.1) is 12.1 Å².